The van der Waals surface area contributed by atoms with Gasteiger partial charge in [0.1, 0.15) is 17.8 Å². The number of rotatable bonds is 6. The normalized spacial score (nSPS) is 32.8. The standard InChI is InChI=1S/C15H23N6O8PS2/c1-15(22)10-8(6-27-30(23,29-10)26-4-5-31)28-13(15)21-7-17-9-11(20(2)32(3,24)25)18-14(16)19-12(9)21/h7-8,10,13,22,31H,4-6H2,1-3H3,(H2,16,18,19)/t8-,10?,13-,15+,30?/m1/s1. The van der Waals surface area contributed by atoms with Gasteiger partial charge in [0, 0.05) is 12.8 Å². The molecular weight excluding hydrogens is 487 g/mol. The Hall–Kier alpha value is -1.52. The Kier molecular flexibility index (Phi) is 5.95. The van der Waals surface area contributed by atoms with E-state index in [0.717, 1.165) is 10.6 Å². The zero-order chi connectivity index (χ0) is 23.5. The molecule has 5 atom stereocenters. The van der Waals surface area contributed by atoms with Crippen LogP contribution in [-0.4, -0.2) is 83.1 Å². The van der Waals surface area contributed by atoms with Crippen molar-refractivity contribution in [1.82, 2.24) is 19.5 Å². The monoisotopic (exact) mass is 510 g/mol. The van der Waals surface area contributed by atoms with E-state index in [1.54, 1.807) is 0 Å². The van der Waals surface area contributed by atoms with Gasteiger partial charge in [0.15, 0.2) is 23.2 Å². The number of anilines is 2. The zero-order valence-electron chi connectivity index (χ0n) is 17.4. The van der Waals surface area contributed by atoms with Crippen molar-refractivity contribution in [3.63, 3.8) is 0 Å². The molecule has 0 aliphatic carbocycles. The van der Waals surface area contributed by atoms with Gasteiger partial charge < -0.3 is 15.6 Å². The van der Waals surface area contributed by atoms with E-state index in [1.165, 1.54) is 24.9 Å². The molecule has 0 saturated carbocycles. The molecule has 2 saturated heterocycles. The highest BCUT2D eigenvalue weighted by molar-refractivity contribution is 7.92. The highest BCUT2D eigenvalue weighted by Crippen LogP contribution is 2.58. The van der Waals surface area contributed by atoms with Crippen molar-refractivity contribution in [2.24, 2.45) is 0 Å². The lowest BCUT2D eigenvalue weighted by Crippen LogP contribution is -2.47. The van der Waals surface area contributed by atoms with Gasteiger partial charge in [0.05, 0.1) is 25.8 Å². The number of thiol groups is 1. The van der Waals surface area contributed by atoms with Gasteiger partial charge in [0.2, 0.25) is 16.0 Å². The second-order valence-corrected chi connectivity index (χ2v) is 11.6. The molecule has 2 aliphatic heterocycles. The molecule has 0 radical (unpaired) electrons. The smallest absolute Gasteiger partial charge is 0.383 e. The molecule has 2 aromatic rings. The molecule has 2 fully saturated rings. The molecule has 0 spiro atoms. The van der Waals surface area contributed by atoms with Crippen LogP contribution in [-0.2, 0) is 32.9 Å². The summed E-state index contributed by atoms with van der Waals surface area (Å²) in [6.45, 7) is 1.33. The number of fused-ring (bicyclic) bond motifs is 2. The van der Waals surface area contributed by atoms with E-state index >= 15 is 0 Å². The Bertz CT molecular complexity index is 1190. The van der Waals surface area contributed by atoms with Gasteiger partial charge in [-0.05, 0) is 6.92 Å². The summed E-state index contributed by atoms with van der Waals surface area (Å²) in [5, 5.41) is 11.3. The average molecular weight is 510 g/mol. The third kappa shape index (κ3) is 3.98. The van der Waals surface area contributed by atoms with E-state index in [4.69, 9.17) is 24.0 Å². The van der Waals surface area contributed by atoms with Gasteiger partial charge in [-0.2, -0.15) is 22.6 Å². The Morgan fingerprint density at radius 3 is 2.88 bits per heavy atom. The number of imidazole rings is 1. The van der Waals surface area contributed by atoms with Crippen LogP contribution in [0.15, 0.2) is 6.33 Å². The largest absolute Gasteiger partial charge is 0.475 e. The maximum Gasteiger partial charge on any atom is 0.475 e. The molecular formula is C15H23N6O8PS2. The maximum atomic E-state index is 12.7. The Labute approximate surface area is 189 Å². The van der Waals surface area contributed by atoms with Crippen molar-refractivity contribution in [3.05, 3.63) is 6.33 Å². The molecule has 0 amide bonds. The number of hydrogen-bond donors (Lipinski definition) is 3. The number of phosphoric acid groups is 1. The zero-order valence-corrected chi connectivity index (χ0v) is 20.0. The summed E-state index contributed by atoms with van der Waals surface area (Å²) >= 11 is 4.00. The number of nitrogen functional groups attached to an aromatic ring is 1. The highest BCUT2D eigenvalue weighted by Gasteiger charge is 2.60. The molecule has 4 rings (SSSR count). The highest BCUT2D eigenvalue weighted by atomic mass is 32.2. The molecule has 2 aromatic heterocycles. The molecule has 0 aromatic carbocycles. The van der Waals surface area contributed by atoms with Crippen LogP contribution >= 0.6 is 20.5 Å². The third-order valence-electron chi connectivity index (χ3n) is 5.17. The topological polar surface area (TPSA) is 181 Å². The Balaban J connectivity index is 1.73. The summed E-state index contributed by atoms with van der Waals surface area (Å²) in [7, 11) is -6.27. The van der Waals surface area contributed by atoms with E-state index in [1.807, 2.05) is 0 Å². The number of ether oxygens (including phenoxy) is 1. The number of phosphoric ester groups is 1. The second-order valence-electron chi connectivity index (χ2n) is 7.54. The second kappa shape index (κ2) is 8.06. The summed E-state index contributed by atoms with van der Waals surface area (Å²) in [4.78, 5) is 12.4. The van der Waals surface area contributed by atoms with E-state index in [2.05, 4.69) is 27.6 Å². The minimum absolute atomic E-state index is 0.0309. The SMILES string of the molecule is CN(c1nc(N)nc2c1ncn2[C@@H]1O[C@@H]2COP(=O)(OCCS)OC2[C@]1(C)O)S(C)(=O)=O. The fourth-order valence-electron chi connectivity index (χ4n) is 3.56. The average Bonchev–Trinajstić information content (AvgIpc) is 3.22. The quantitative estimate of drug-likeness (QED) is 0.348. The van der Waals surface area contributed by atoms with Crippen LogP contribution in [0.2, 0.25) is 0 Å². The van der Waals surface area contributed by atoms with Crippen molar-refractivity contribution in [2.45, 2.75) is 31.0 Å². The summed E-state index contributed by atoms with van der Waals surface area (Å²) in [5.74, 6) is 0.0595. The summed E-state index contributed by atoms with van der Waals surface area (Å²) in [5.41, 5.74) is 4.34. The van der Waals surface area contributed by atoms with E-state index in [0.29, 0.717) is 5.75 Å². The van der Waals surface area contributed by atoms with Crippen molar-refractivity contribution in [2.75, 3.05) is 42.3 Å². The first kappa shape index (κ1) is 23.6. The predicted molar refractivity (Wildman–Crippen MR) is 116 cm³/mol. The van der Waals surface area contributed by atoms with Crippen molar-refractivity contribution >= 4 is 53.4 Å². The van der Waals surface area contributed by atoms with Crippen LogP contribution in [0, 0.1) is 0 Å². The first-order valence-corrected chi connectivity index (χ1v) is 13.3. The van der Waals surface area contributed by atoms with E-state index in [9.17, 15) is 18.1 Å². The number of nitrogens with zero attached hydrogens (tertiary/aromatic N) is 5. The lowest BCUT2D eigenvalue weighted by Gasteiger charge is -2.34. The number of nitrogens with two attached hydrogens (primary N) is 1. The molecule has 0 bridgehead atoms. The van der Waals surface area contributed by atoms with Gasteiger partial charge in [0.25, 0.3) is 0 Å². The molecule has 2 unspecified atom stereocenters. The summed E-state index contributed by atoms with van der Waals surface area (Å²) in [6.07, 6.45) is -0.608. The molecule has 3 N–H and O–H groups in total. The summed E-state index contributed by atoms with van der Waals surface area (Å²) in [6, 6.07) is 0. The maximum absolute atomic E-state index is 12.7. The van der Waals surface area contributed by atoms with Crippen molar-refractivity contribution in [3.8, 4) is 0 Å². The number of sulfonamides is 1. The van der Waals surface area contributed by atoms with E-state index < -0.39 is 41.9 Å². The molecule has 14 nitrogen and oxygen atoms in total. The van der Waals surface area contributed by atoms with Gasteiger partial charge >= 0.3 is 7.82 Å². The number of aromatic nitrogens is 4. The summed E-state index contributed by atoms with van der Waals surface area (Å²) < 4.78 is 60.9. The van der Waals surface area contributed by atoms with Crippen LogP contribution in [0.25, 0.3) is 11.2 Å². The number of aliphatic hydroxyl groups is 1. The molecule has 17 heteroatoms. The predicted octanol–water partition coefficient (Wildman–Crippen LogP) is -0.0774. The fraction of sp³-hybridized carbons (Fsp3) is 0.667. The van der Waals surface area contributed by atoms with Gasteiger partial charge in [-0.1, -0.05) is 0 Å². The minimum Gasteiger partial charge on any atom is -0.383 e. The number of hydrogen-bond acceptors (Lipinski definition) is 13. The van der Waals surface area contributed by atoms with Crippen LogP contribution < -0.4 is 10.0 Å². The van der Waals surface area contributed by atoms with Crippen LogP contribution in [0.4, 0.5) is 11.8 Å². The van der Waals surface area contributed by atoms with Crippen LogP contribution in [0.3, 0.4) is 0 Å². The van der Waals surface area contributed by atoms with Crippen molar-refractivity contribution < 1.29 is 36.4 Å². The Morgan fingerprint density at radius 1 is 1.50 bits per heavy atom. The van der Waals surface area contributed by atoms with Gasteiger partial charge in [-0.25, -0.2) is 18.0 Å². The van der Waals surface area contributed by atoms with Gasteiger partial charge in [-0.3, -0.25) is 22.4 Å². The first-order chi connectivity index (χ1) is 14.9. The molecule has 32 heavy (non-hydrogen) atoms. The van der Waals surface area contributed by atoms with Crippen molar-refractivity contribution in [1.29, 1.82) is 0 Å². The lowest BCUT2D eigenvalue weighted by atomic mass is 9.96. The fourth-order valence-corrected chi connectivity index (χ4v) is 5.71. The minimum atomic E-state index is -3.91. The van der Waals surface area contributed by atoms with Crippen LogP contribution in [0.5, 0.6) is 0 Å². The lowest BCUT2D eigenvalue weighted by molar-refractivity contribution is -0.0907. The first-order valence-electron chi connectivity index (χ1n) is 9.37. The van der Waals surface area contributed by atoms with Gasteiger partial charge in [-0.15, -0.1) is 0 Å². The van der Waals surface area contributed by atoms with Crippen LogP contribution in [0.1, 0.15) is 13.2 Å². The molecule has 4 heterocycles. The molecule has 178 valence electrons. The Morgan fingerprint density at radius 2 is 2.22 bits per heavy atom. The van der Waals surface area contributed by atoms with E-state index in [-0.39, 0.29) is 36.1 Å². The third-order valence-corrected chi connectivity index (χ3v) is 7.97. The molecule has 2 aliphatic rings.